The molecule has 0 unspecified atom stereocenters. The van der Waals surface area contributed by atoms with Crippen molar-refractivity contribution in [2.75, 3.05) is 39.9 Å². The zero-order chi connectivity index (χ0) is 17.5. The number of nitrogens with zero attached hydrogens (tertiary/aromatic N) is 2. The molecule has 4 heteroatoms. The second kappa shape index (κ2) is 9.16. The maximum atomic E-state index is 12.8. The molecule has 2 heterocycles. The monoisotopic (exact) mass is 342 g/mol. The lowest BCUT2D eigenvalue weighted by molar-refractivity contribution is -0.136. The van der Waals surface area contributed by atoms with Crippen LogP contribution in [-0.2, 0) is 9.53 Å². The number of hydrogen-bond donors (Lipinski definition) is 0. The molecule has 0 aliphatic carbocycles. The van der Waals surface area contributed by atoms with Crippen molar-refractivity contribution in [1.82, 2.24) is 9.80 Å². The van der Waals surface area contributed by atoms with Crippen molar-refractivity contribution in [3.05, 3.63) is 42.0 Å². The molecule has 2 aliphatic rings. The Labute approximate surface area is 151 Å². The van der Waals surface area contributed by atoms with Crippen molar-refractivity contribution in [3.63, 3.8) is 0 Å². The first kappa shape index (κ1) is 18.2. The highest BCUT2D eigenvalue weighted by Crippen LogP contribution is 2.24. The molecular formula is C21H30N2O2. The van der Waals surface area contributed by atoms with E-state index in [1.807, 2.05) is 30.1 Å². The molecule has 3 rings (SSSR count). The van der Waals surface area contributed by atoms with Crippen LogP contribution in [0.15, 0.2) is 36.4 Å². The molecule has 0 radical (unpaired) electrons. The molecule has 1 aromatic carbocycles. The summed E-state index contributed by atoms with van der Waals surface area (Å²) in [5.74, 6) is 0.432. The molecule has 25 heavy (non-hydrogen) atoms. The van der Waals surface area contributed by atoms with Gasteiger partial charge in [0.15, 0.2) is 0 Å². The number of piperidine rings is 1. The summed E-state index contributed by atoms with van der Waals surface area (Å²) in [5, 5.41) is 0. The number of ether oxygens (including phenoxy) is 1. The minimum atomic E-state index is 0.145. The largest absolute Gasteiger partial charge is 0.381 e. The van der Waals surface area contributed by atoms with Crippen LogP contribution in [0.5, 0.6) is 0 Å². The van der Waals surface area contributed by atoms with E-state index in [1.165, 1.54) is 5.56 Å². The SMILES string of the molecule is CN(C/C=C/c1ccccc1)C(=O)[C@H]1CCCN(C2CCOCC2)C1. The lowest BCUT2D eigenvalue weighted by Crippen LogP contribution is -2.49. The lowest BCUT2D eigenvalue weighted by Gasteiger charge is -2.40. The van der Waals surface area contributed by atoms with Crippen molar-refractivity contribution >= 4 is 12.0 Å². The number of likely N-dealkylation sites (tertiary alicyclic amines) is 1. The number of carbonyl (C=O) groups is 1. The number of likely N-dealkylation sites (N-methyl/N-ethyl adjacent to an activating group) is 1. The van der Waals surface area contributed by atoms with Gasteiger partial charge in [-0.2, -0.15) is 0 Å². The molecule has 0 N–H and O–H groups in total. The number of hydrogen-bond acceptors (Lipinski definition) is 3. The van der Waals surface area contributed by atoms with Gasteiger partial charge in [0.05, 0.1) is 5.92 Å². The Hall–Kier alpha value is -1.65. The lowest BCUT2D eigenvalue weighted by atomic mass is 9.93. The van der Waals surface area contributed by atoms with Crippen LogP contribution in [-0.4, -0.2) is 61.6 Å². The van der Waals surface area contributed by atoms with E-state index in [0.717, 1.165) is 52.0 Å². The van der Waals surface area contributed by atoms with Gasteiger partial charge in [-0.3, -0.25) is 9.69 Å². The smallest absolute Gasteiger partial charge is 0.226 e. The van der Waals surface area contributed by atoms with Crippen LogP contribution in [0.4, 0.5) is 0 Å². The quantitative estimate of drug-likeness (QED) is 0.824. The molecule has 1 amide bonds. The van der Waals surface area contributed by atoms with E-state index in [9.17, 15) is 4.79 Å². The molecule has 1 aromatic rings. The standard InChI is InChI=1S/C21H30N2O2/c1-22(13-5-9-18-7-3-2-4-8-18)21(24)19-10-6-14-23(17-19)20-11-15-25-16-12-20/h2-5,7-9,19-20H,6,10-17H2,1H3/b9-5+/t19-/m0/s1. The average molecular weight is 342 g/mol. The Morgan fingerprint density at radius 2 is 2.00 bits per heavy atom. The van der Waals surface area contributed by atoms with Gasteiger partial charge in [-0.25, -0.2) is 0 Å². The molecule has 0 spiro atoms. The normalized spacial score (nSPS) is 23.0. The van der Waals surface area contributed by atoms with Gasteiger partial charge in [0, 0.05) is 39.4 Å². The van der Waals surface area contributed by atoms with Gasteiger partial charge in [-0.15, -0.1) is 0 Å². The van der Waals surface area contributed by atoms with Crippen LogP contribution in [0.2, 0.25) is 0 Å². The molecule has 0 bridgehead atoms. The summed E-state index contributed by atoms with van der Waals surface area (Å²) in [6.45, 7) is 4.44. The topological polar surface area (TPSA) is 32.8 Å². The van der Waals surface area contributed by atoms with Gasteiger partial charge in [0.1, 0.15) is 0 Å². The van der Waals surface area contributed by atoms with E-state index < -0.39 is 0 Å². The molecule has 0 saturated carbocycles. The van der Waals surface area contributed by atoms with Gasteiger partial charge in [-0.1, -0.05) is 42.5 Å². The molecular weight excluding hydrogens is 312 g/mol. The third-order valence-electron chi connectivity index (χ3n) is 5.37. The highest BCUT2D eigenvalue weighted by atomic mass is 16.5. The van der Waals surface area contributed by atoms with E-state index in [-0.39, 0.29) is 11.8 Å². The fraction of sp³-hybridized carbons (Fsp3) is 0.571. The zero-order valence-corrected chi connectivity index (χ0v) is 15.3. The summed E-state index contributed by atoms with van der Waals surface area (Å²) < 4.78 is 5.47. The second-order valence-corrected chi connectivity index (χ2v) is 7.21. The molecule has 1 atom stereocenters. The van der Waals surface area contributed by atoms with E-state index in [2.05, 4.69) is 29.2 Å². The highest BCUT2D eigenvalue weighted by Gasteiger charge is 2.31. The summed E-state index contributed by atoms with van der Waals surface area (Å²) in [6, 6.07) is 10.8. The fourth-order valence-corrected chi connectivity index (χ4v) is 3.90. The summed E-state index contributed by atoms with van der Waals surface area (Å²) >= 11 is 0. The van der Waals surface area contributed by atoms with Gasteiger partial charge in [0.25, 0.3) is 0 Å². The van der Waals surface area contributed by atoms with E-state index in [4.69, 9.17) is 4.74 Å². The van der Waals surface area contributed by atoms with Crippen molar-refractivity contribution in [2.24, 2.45) is 5.92 Å². The van der Waals surface area contributed by atoms with Gasteiger partial charge in [0.2, 0.25) is 5.91 Å². The Bertz CT molecular complexity index is 567. The third-order valence-corrected chi connectivity index (χ3v) is 5.37. The summed E-state index contributed by atoms with van der Waals surface area (Å²) in [6.07, 6.45) is 8.52. The minimum Gasteiger partial charge on any atom is -0.381 e. The van der Waals surface area contributed by atoms with E-state index in [0.29, 0.717) is 12.6 Å². The molecule has 136 valence electrons. The number of benzene rings is 1. The average Bonchev–Trinajstić information content (AvgIpc) is 2.69. The maximum Gasteiger partial charge on any atom is 0.226 e. The highest BCUT2D eigenvalue weighted by molar-refractivity contribution is 5.79. The maximum absolute atomic E-state index is 12.8. The summed E-state index contributed by atoms with van der Waals surface area (Å²) in [7, 11) is 1.92. The third kappa shape index (κ3) is 5.16. The predicted octanol–water partition coefficient (Wildman–Crippen LogP) is 3.05. The Morgan fingerprint density at radius 1 is 1.24 bits per heavy atom. The van der Waals surface area contributed by atoms with Crippen LogP contribution in [0.3, 0.4) is 0 Å². The van der Waals surface area contributed by atoms with Crippen LogP contribution < -0.4 is 0 Å². The Balaban J connectivity index is 1.49. The Kier molecular flexibility index (Phi) is 6.65. The second-order valence-electron chi connectivity index (χ2n) is 7.21. The molecule has 4 nitrogen and oxygen atoms in total. The Morgan fingerprint density at radius 3 is 2.76 bits per heavy atom. The van der Waals surface area contributed by atoms with Crippen molar-refractivity contribution < 1.29 is 9.53 Å². The summed E-state index contributed by atoms with van der Waals surface area (Å²) in [5.41, 5.74) is 1.17. The molecule has 0 aromatic heterocycles. The van der Waals surface area contributed by atoms with Gasteiger partial charge >= 0.3 is 0 Å². The van der Waals surface area contributed by atoms with Gasteiger partial charge < -0.3 is 9.64 Å². The molecule has 2 aliphatic heterocycles. The van der Waals surface area contributed by atoms with E-state index >= 15 is 0 Å². The van der Waals surface area contributed by atoms with Crippen LogP contribution >= 0.6 is 0 Å². The first-order valence-electron chi connectivity index (χ1n) is 9.52. The minimum absolute atomic E-state index is 0.145. The first-order chi connectivity index (χ1) is 12.2. The van der Waals surface area contributed by atoms with Gasteiger partial charge in [-0.05, 0) is 37.8 Å². The number of rotatable bonds is 5. The first-order valence-corrected chi connectivity index (χ1v) is 9.52. The van der Waals surface area contributed by atoms with E-state index in [1.54, 1.807) is 0 Å². The van der Waals surface area contributed by atoms with Crippen molar-refractivity contribution in [3.8, 4) is 0 Å². The number of carbonyl (C=O) groups excluding carboxylic acids is 1. The predicted molar refractivity (Wildman–Crippen MR) is 101 cm³/mol. The number of amides is 1. The molecule has 2 fully saturated rings. The fourth-order valence-electron chi connectivity index (χ4n) is 3.90. The van der Waals surface area contributed by atoms with Crippen LogP contribution in [0.25, 0.3) is 6.08 Å². The van der Waals surface area contributed by atoms with Crippen molar-refractivity contribution in [2.45, 2.75) is 31.7 Å². The molecule has 2 saturated heterocycles. The zero-order valence-electron chi connectivity index (χ0n) is 15.3. The van der Waals surface area contributed by atoms with Crippen molar-refractivity contribution in [1.29, 1.82) is 0 Å². The van der Waals surface area contributed by atoms with Crippen LogP contribution in [0.1, 0.15) is 31.2 Å². The summed E-state index contributed by atoms with van der Waals surface area (Å²) in [4.78, 5) is 17.2. The van der Waals surface area contributed by atoms with Crippen LogP contribution in [0, 0.1) is 5.92 Å².